The molecular weight excluding hydrogens is 415 g/mol. The van der Waals surface area contributed by atoms with Crippen LogP contribution in [-0.4, -0.2) is 52.6 Å². The Morgan fingerprint density at radius 3 is 2.50 bits per heavy atom. The Morgan fingerprint density at radius 2 is 1.90 bits per heavy atom. The van der Waals surface area contributed by atoms with Crippen LogP contribution in [-0.2, 0) is 14.1 Å². The molecule has 11 nitrogen and oxygen atoms in total. The lowest BCUT2D eigenvalue weighted by Crippen LogP contribution is -2.33. The van der Waals surface area contributed by atoms with Gasteiger partial charge in [0.05, 0.1) is 13.1 Å². The Hall–Kier alpha value is -3.14. The van der Waals surface area contributed by atoms with Crippen molar-refractivity contribution < 1.29 is 33.2 Å². The first kappa shape index (κ1) is 20.1. The summed E-state index contributed by atoms with van der Waals surface area (Å²) in [6, 6.07) is 8.47. The Bertz CT molecular complexity index is 1000. The van der Waals surface area contributed by atoms with E-state index in [9.17, 15) is 23.9 Å². The van der Waals surface area contributed by atoms with Gasteiger partial charge in [-0.15, -0.1) is 0 Å². The molecule has 0 aliphatic carbocycles. The van der Waals surface area contributed by atoms with Crippen molar-refractivity contribution in [3.63, 3.8) is 0 Å². The van der Waals surface area contributed by atoms with Crippen LogP contribution < -0.4 is 14.5 Å². The Morgan fingerprint density at radius 1 is 1.17 bits per heavy atom. The minimum Gasteiger partial charge on any atom is -0.442 e. The van der Waals surface area contributed by atoms with Gasteiger partial charge in [-0.05, 0) is 30.3 Å². The molecule has 0 bridgehead atoms. The van der Waals surface area contributed by atoms with Gasteiger partial charge in [-0.2, -0.15) is 0 Å². The van der Waals surface area contributed by atoms with Crippen molar-refractivity contribution in [1.82, 2.24) is 5.16 Å². The molecule has 1 aromatic carbocycles. The average Bonchev–Trinajstić information content (AvgIpc) is 3.36. The first-order chi connectivity index (χ1) is 14.3. The molecule has 1 aromatic heterocycles. The third kappa shape index (κ3) is 4.23. The van der Waals surface area contributed by atoms with Crippen LogP contribution in [0.4, 0.5) is 22.0 Å². The molecule has 2 aromatic rings. The molecular formula is C18H19N4O7P. The van der Waals surface area contributed by atoms with Crippen molar-refractivity contribution >= 4 is 36.8 Å². The summed E-state index contributed by atoms with van der Waals surface area (Å²) in [5.74, 6) is 0.0407. The Kier molecular flexibility index (Phi) is 5.33. The fraction of sp³-hybridized carbons (Fsp3) is 0.278. The second-order valence-corrected chi connectivity index (χ2v) is 8.32. The molecule has 2 aliphatic rings. The molecule has 30 heavy (non-hydrogen) atoms. The van der Waals surface area contributed by atoms with Crippen molar-refractivity contribution in [1.29, 1.82) is 0 Å². The normalized spacial score (nSPS) is 19.3. The number of cyclic esters (lactones) is 1. The molecule has 1 atom stereocenters. The maximum atomic E-state index is 12.3. The smallest absolute Gasteiger partial charge is 0.431 e. The molecule has 0 spiro atoms. The monoisotopic (exact) mass is 434 g/mol. The third-order valence-electron chi connectivity index (χ3n) is 4.79. The zero-order valence-electron chi connectivity index (χ0n) is 15.7. The lowest BCUT2D eigenvalue weighted by Gasteiger charge is -2.24. The highest BCUT2D eigenvalue weighted by Crippen LogP contribution is 2.43. The average molecular weight is 434 g/mol. The summed E-state index contributed by atoms with van der Waals surface area (Å²) in [4.78, 5) is 46.2. The zero-order chi connectivity index (χ0) is 21.3. The number of hydrogen-bond donors (Lipinski definition) is 2. The van der Waals surface area contributed by atoms with Crippen molar-refractivity contribution in [3.8, 4) is 0 Å². The maximum absolute atomic E-state index is 12.3. The van der Waals surface area contributed by atoms with Crippen molar-refractivity contribution in [2.75, 3.05) is 34.1 Å². The maximum Gasteiger partial charge on any atom is 0.431 e. The van der Waals surface area contributed by atoms with E-state index in [1.807, 2.05) is 17.0 Å². The van der Waals surface area contributed by atoms with Crippen LogP contribution in [0, 0.1) is 0 Å². The van der Waals surface area contributed by atoms with E-state index in [4.69, 9.17) is 4.74 Å². The van der Waals surface area contributed by atoms with Crippen molar-refractivity contribution in [2.45, 2.75) is 12.5 Å². The van der Waals surface area contributed by atoms with Gasteiger partial charge in [0.1, 0.15) is 12.4 Å². The molecule has 1 fully saturated rings. The lowest BCUT2D eigenvalue weighted by molar-refractivity contribution is -0.114. The fourth-order valence-corrected chi connectivity index (χ4v) is 4.06. The molecule has 4 rings (SSSR count). The minimum atomic E-state index is -4.69. The van der Waals surface area contributed by atoms with E-state index in [0.717, 1.165) is 10.4 Å². The second-order valence-electron chi connectivity index (χ2n) is 6.81. The third-order valence-corrected chi connectivity index (χ3v) is 5.78. The highest BCUT2D eigenvalue weighted by molar-refractivity contribution is 7.53. The number of anilines is 3. The number of hydrogen-bond acceptors (Lipinski definition) is 7. The van der Waals surface area contributed by atoms with E-state index >= 15 is 0 Å². The molecule has 0 radical (unpaired) electrons. The molecule has 12 heteroatoms. The highest BCUT2D eigenvalue weighted by Gasteiger charge is 2.38. The fourth-order valence-electron chi connectivity index (χ4n) is 3.29. The molecule has 2 N–H and O–H groups in total. The second kappa shape index (κ2) is 7.94. The van der Waals surface area contributed by atoms with E-state index < -0.39 is 19.9 Å². The van der Waals surface area contributed by atoms with Crippen molar-refractivity contribution in [3.05, 3.63) is 48.9 Å². The number of carbonyl (C=O) groups is 2. The van der Waals surface area contributed by atoms with Gasteiger partial charge in [-0.25, -0.2) is 9.36 Å². The van der Waals surface area contributed by atoms with Crippen LogP contribution in [0.15, 0.2) is 53.4 Å². The molecule has 0 saturated carbocycles. The van der Waals surface area contributed by atoms with Gasteiger partial charge in [0.2, 0.25) is 0 Å². The van der Waals surface area contributed by atoms with E-state index in [2.05, 4.69) is 9.68 Å². The summed E-state index contributed by atoms with van der Waals surface area (Å²) < 4.78 is 22.5. The van der Waals surface area contributed by atoms with Gasteiger partial charge in [-0.1, -0.05) is 5.16 Å². The van der Waals surface area contributed by atoms with Gasteiger partial charge >= 0.3 is 13.8 Å². The van der Waals surface area contributed by atoms with Gasteiger partial charge in [0.25, 0.3) is 0 Å². The number of aromatic nitrogens is 1. The molecule has 1 amide bonds. The summed E-state index contributed by atoms with van der Waals surface area (Å²) >= 11 is 0. The van der Waals surface area contributed by atoms with Gasteiger partial charge in [-0.3, -0.25) is 14.4 Å². The predicted octanol–water partition coefficient (Wildman–Crippen LogP) is 1.89. The quantitative estimate of drug-likeness (QED) is 0.649. The van der Waals surface area contributed by atoms with E-state index in [-0.39, 0.29) is 24.7 Å². The first-order valence-electron chi connectivity index (χ1n) is 9.11. The zero-order valence-corrected chi connectivity index (χ0v) is 16.6. The summed E-state index contributed by atoms with van der Waals surface area (Å²) in [6.45, 7) is 0.456. The number of ether oxygens (including phenoxy) is 1. The number of benzene rings is 1. The molecule has 2 aliphatic heterocycles. The summed E-state index contributed by atoms with van der Waals surface area (Å²) in [5.41, 5.74) is 1.47. The van der Waals surface area contributed by atoms with Crippen LogP contribution >= 0.6 is 7.75 Å². The number of carbonyl (C=O) groups excluding carboxylic acids is 2. The number of ketones is 1. The molecule has 1 saturated heterocycles. The number of rotatable bonds is 6. The first-order valence-corrected chi connectivity index (χ1v) is 10.7. The van der Waals surface area contributed by atoms with Gasteiger partial charge < -0.3 is 23.9 Å². The van der Waals surface area contributed by atoms with Crippen LogP contribution in [0.1, 0.15) is 6.42 Å². The van der Waals surface area contributed by atoms with Crippen LogP contribution in [0.3, 0.4) is 0 Å². The summed E-state index contributed by atoms with van der Waals surface area (Å²) in [7, 11) is -4.69. The minimum absolute atomic E-state index is 0.0461. The largest absolute Gasteiger partial charge is 0.442 e. The topological polar surface area (TPSA) is 137 Å². The van der Waals surface area contributed by atoms with Crippen molar-refractivity contribution in [2.24, 2.45) is 0 Å². The number of amides is 1. The number of nitrogens with zero attached hydrogens (tertiary/aromatic N) is 4. The van der Waals surface area contributed by atoms with E-state index in [1.165, 1.54) is 23.3 Å². The van der Waals surface area contributed by atoms with Gasteiger partial charge in [0, 0.05) is 36.6 Å². The highest BCUT2D eigenvalue weighted by atomic mass is 31.2. The number of allylic oxidation sites excluding steroid dienone is 1. The van der Waals surface area contributed by atoms with Crippen LogP contribution in [0.2, 0.25) is 0 Å². The van der Waals surface area contributed by atoms with Crippen LogP contribution in [0.25, 0.3) is 0 Å². The molecule has 1 unspecified atom stereocenters. The molecule has 158 valence electrons. The van der Waals surface area contributed by atoms with E-state index in [0.29, 0.717) is 18.7 Å². The van der Waals surface area contributed by atoms with Crippen LogP contribution in [0.5, 0.6) is 0 Å². The summed E-state index contributed by atoms with van der Waals surface area (Å²) in [6.07, 6.45) is 3.50. The SMILES string of the molecule is O=C1C=CN(c2ccc(N3CC(CN(c4ccon4)P(=O)(O)O)OC3=O)cc2)CC1. The van der Waals surface area contributed by atoms with E-state index in [1.54, 1.807) is 18.3 Å². The Labute approximate surface area is 171 Å². The van der Waals surface area contributed by atoms with Gasteiger partial charge in [0.15, 0.2) is 11.6 Å². The molecule has 3 heterocycles. The standard InChI is InChI=1S/C18H19N4O7P/c23-15-5-8-20(9-6-15)13-1-3-14(4-2-13)21-11-16(29-18(21)24)12-22(30(25,26)27)17-7-10-28-19-17/h1-5,7-8,10,16H,6,9,11-12H2,(H2,25,26,27). The Balaban J connectivity index is 1.45. The summed E-state index contributed by atoms with van der Waals surface area (Å²) in [5, 5.41) is 3.55. The lowest BCUT2D eigenvalue weighted by atomic mass is 10.1. The predicted molar refractivity (Wildman–Crippen MR) is 106 cm³/mol.